The van der Waals surface area contributed by atoms with Crippen LogP contribution in [0, 0.1) is 11.3 Å². The Labute approximate surface area is 129 Å². The van der Waals surface area contributed by atoms with Crippen molar-refractivity contribution in [3.8, 4) is 6.07 Å². The lowest BCUT2D eigenvalue weighted by Gasteiger charge is -2.16. The molecule has 0 radical (unpaired) electrons. The Bertz CT molecular complexity index is 647. The summed E-state index contributed by atoms with van der Waals surface area (Å²) in [6.07, 6.45) is 1.19. The van der Waals surface area contributed by atoms with Gasteiger partial charge in [0.1, 0.15) is 0 Å². The third-order valence-corrected chi connectivity index (χ3v) is 4.23. The average Bonchev–Trinajstić information content (AvgIpc) is 2.72. The van der Waals surface area contributed by atoms with Crippen molar-refractivity contribution in [2.75, 3.05) is 0 Å². The minimum Gasteiger partial charge on any atom is -0.245 e. The van der Waals surface area contributed by atoms with Gasteiger partial charge in [0.2, 0.25) is 0 Å². The summed E-state index contributed by atoms with van der Waals surface area (Å²) < 4.78 is 0. The van der Waals surface area contributed by atoms with Gasteiger partial charge in [-0.3, -0.25) is 0 Å². The summed E-state index contributed by atoms with van der Waals surface area (Å²) in [7, 11) is 0. The first-order chi connectivity index (χ1) is 9.40. The third-order valence-electron chi connectivity index (χ3n) is 2.94. The standard InChI is InChI=1S/C16H17ClN2S/c1-16(2,3)15-13(7-8-18)20-14(19-15)10-11-5-4-6-12(17)9-11/h4-6,9H,7,10H2,1-3H3. The van der Waals surface area contributed by atoms with E-state index in [4.69, 9.17) is 21.8 Å². The van der Waals surface area contributed by atoms with Crippen LogP contribution in [0.4, 0.5) is 0 Å². The van der Waals surface area contributed by atoms with Gasteiger partial charge < -0.3 is 0 Å². The summed E-state index contributed by atoms with van der Waals surface area (Å²) in [5.74, 6) is 0. The first kappa shape index (κ1) is 15.0. The minimum atomic E-state index is -0.0325. The number of nitriles is 1. The molecule has 0 aliphatic carbocycles. The highest BCUT2D eigenvalue weighted by atomic mass is 35.5. The third kappa shape index (κ3) is 3.59. The molecule has 0 N–H and O–H groups in total. The second-order valence-corrected chi connectivity index (χ2v) is 7.38. The number of aromatic nitrogens is 1. The van der Waals surface area contributed by atoms with Crippen LogP contribution >= 0.6 is 22.9 Å². The Morgan fingerprint density at radius 2 is 2.10 bits per heavy atom. The highest BCUT2D eigenvalue weighted by Gasteiger charge is 2.23. The van der Waals surface area contributed by atoms with E-state index < -0.39 is 0 Å². The molecule has 104 valence electrons. The van der Waals surface area contributed by atoms with Gasteiger partial charge >= 0.3 is 0 Å². The van der Waals surface area contributed by atoms with Crippen molar-refractivity contribution >= 4 is 22.9 Å². The zero-order valence-corrected chi connectivity index (χ0v) is 13.5. The van der Waals surface area contributed by atoms with E-state index in [1.54, 1.807) is 11.3 Å². The molecular formula is C16H17ClN2S. The molecule has 0 fully saturated rings. The molecule has 4 heteroatoms. The summed E-state index contributed by atoms with van der Waals surface area (Å²) in [5.41, 5.74) is 2.16. The van der Waals surface area contributed by atoms with E-state index in [9.17, 15) is 0 Å². The Kier molecular flexibility index (Phi) is 4.47. The van der Waals surface area contributed by atoms with Gasteiger partial charge in [-0.15, -0.1) is 11.3 Å². The smallest absolute Gasteiger partial charge is 0.0975 e. The van der Waals surface area contributed by atoms with Crippen LogP contribution < -0.4 is 0 Å². The molecule has 0 spiro atoms. The molecule has 20 heavy (non-hydrogen) atoms. The van der Waals surface area contributed by atoms with E-state index >= 15 is 0 Å². The molecule has 0 saturated carbocycles. The molecule has 2 nitrogen and oxygen atoms in total. The summed E-state index contributed by atoms with van der Waals surface area (Å²) in [6.45, 7) is 6.39. The Morgan fingerprint density at radius 3 is 2.70 bits per heavy atom. The van der Waals surface area contributed by atoms with Crippen molar-refractivity contribution in [1.29, 1.82) is 5.26 Å². The van der Waals surface area contributed by atoms with E-state index in [0.29, 0.717) is 6.42 Å². The lowest BCUT2D eigenvalue weighted by molar-refractivity contribution is 0.566. The van der Waals surface area contributed by atoms with Gasteiger partial charge in [0.05, 0.1) is 23.2 Å². The number of hydrogen-bond acceptors (Lipinski definition) is 3. The van der Waals surface area contributed by atoms with Crippen LogP contribution in [0.3, 0.4) is 0 Å². The summed E-state index contributed by atoms with van der Waals surface area (Å²) >= 11 is 7.64. The van der Waals surface area contributed by atoms with E-state index in [1.165, 1.54) is 0 Å². The molecule has 1 aromatic heterocycles. The van der Waals surface area contributed by atoms with Crippen molar-refractivity contribution in [3.63, 3.8) is 0 Å². The number of nitrogens with zero attached hydrogens (tertiary/aromatic N) is 2. The topological polar surface area (TPSA) is 36.7 Å². The zero-order chi connectivity index (χ0) is 14.8. The molecule has 0 bridgehead atoms. The molecule has 0 amide bonds. The molecule has 1 heterocycles. The van der Waals surface area contributed by atoms with Crippen LogP contribution in [0.5, 0.6) is 0 Å². The first-order valence-corrected chi connectivity index (χ1v) is 7.70. The van der Waals surface area contributed by atoms with Crippen molar-refractivity contribution in [3.05, 3.63) is 50.4 Å². The Balaban J connectivity index is 2.32. The fourth-order valence-electron chi connectivity index (χ4n) is 2.08. The van der Waals surface area contributed by atoms with E-state index in [1.807, 2.05) is 24.3 Å². The van der Waals surface area contributed by atoms with Crippen molar-refractivity contribution in [2.45, 2.75) is 39.0 Å². The van der Waals surface area contributed by atoms with Gasteiger partial charge in [-0.1, -0.05) is 44.5 Å². The van der Waals surface area contributed by atoms with Gasteiger partial charge in [0.15, 0.2) is 0 Å². The minimum absolute atomic E-state index is 0.0325. The fraction of sp³-hybridized carbons (Fsp3) is 0.375. The van der Waals surface area contributed by atoms with Crippen LogP contribution in [0.2, 0.25) is 5.02 Å². The van der Waals surface area contributed by atoms with E-state index in [2.05, 4.69) is 26.8 Å². The molecule has 0 atom stereocenters. The number of benzene rings is 1. The lowest BCUT2D eigenvalue weighted by atomic mass is 9.91. The Hall–Kier alpha value is -1.37. The zero-order valence-electron chi connectivity index (χ0n) is 11.9. The number of rotatable bonds is 3. The SMILES string of the molecule is CC(C)(C)c1nc(Cc2cccc(Cl)c2)sc1CC#N. The van der Waals surface area contributed by atoms with Gasteiger partial charge in [0, 0.05) is 21.7 Å². The molecule has 0 unspecified atom stereocenters. The van der Waals surface area contributed by atoms with Crippen LogP contribution in [-0.4, -0.2) is 4.98 Å². The first-order valence-electron chi connectivity index (χ1n) is 6.50. The predicted octanol–water partition coefficient (Wildman–Crippen LogP) is 4.75. The van der Waals surface area contributed by atoms with Gasteiger partial charge in [-0.05, 0) is 17.7 Å². The summed E-state index contributed by atoms with van der Waals surface area (Å²) in [4.78, 5) is 5.83. The van der Waals surface area contributed by atoms with E-state index in [0.717, 1.165) is 32.6 Å². The molecule has 2 aromatic rings. The molecule has 0 aliphatic rings. The molecular weight excluding hydrogens is 288 g/mol. The number of halogens is 1. The maximum atomic E-state index is 8.96. The second kappa shape index (κ2) is 5.95. The van der Waals surface area contributed by atoms with E-state index in [-0.39, 0.29) is 5.41 Å². The van der Waals surface area contributed by atoms with Crippen LogP contribution in [0.25, 0.3) is 0 Å². The summed E-state index contributed by atoms with van der Waals surface area (Å²) in [6, 6.07) is 10.1. The largest absolute Gasteiger partial charge is 0.245 e. The second-order valence-electron chi connectivity index (χ2n) is 5.77. The van der Waals surface area contributed by atoms with Crippen LogP contribution in [-0.2, 0) is 18.3 Å². The van der Waals surface area contributed by atoms with Gasteiger partial charge in [0.25, 0.3) is 0 Å². The van der Waals surface area contributed by atoms with Crippen LogP contribution in [0.15, 0.2) is 24.3 Å². The number of thiazole rings is 1. The predicted molar refractivity (Wildman–Crippen MR) is 84.4 cm³/mol. The molecule has 0 saturated heterocycles. The summed E-state index contributed by atoms with van der Waals surface area (Å²) in [5, 5.41) is 10.7. The van der Waals surface area contributed by atoms with Gasteiger partial charge in [-0.2, -0.15) is 5.26 Å². The fourth-order valence-corrected chi connectivity index (χ4v) is 3.53. The van der Waals surface area contributed by atoms with Crippen molar-refractivity contribution in [1.82, 2.24) is 4.98 Å². The normalized spacial score (nSPS) is 11.3. The highest BCUT2D eigenvalue weighted by Crippen LogP contribution is 2.31. The maximum absolute atomic E-state index is 8.96. The highest BCUT2D eigenvalue weighted by molar-refractivity contribution is 7.11. The number of hydrogen-bond donors (Lipinski definition) is 0. The molecule has 0 aliphatic heterocycles. The average molecular weight is 305 g/mol. The van der Waals surface area contributed by atoms with Crippen molar-refractivity contribution in [2.24, 2.45) is 0 Å². The lowest BCUT2D eigenvalue weighted by Crippen LogP contribution is -2.14. The van der Waals surface area contributed by atoms with Crippen LogP contribution in [0.1, 0.15) is 41.9 Å². The van der Waals surface area contributed by atoms with Gasteiger partial charge in [-0.25, -0.2) is 4.98 Å². The Morgan fingerprint density at radius 1 is 1.35 bits per heavy atom. The maximum Gasteiger partial charge on any atom is 0.0975 e. The monoisotopic (exact) mass is 304 g/mol. The molecule has 1 aromatic carbocycles. The quantitative estimate of drug-likeness (QED) is 0.820. The van der Waals surface area contributed by atoms with Crippen molar-refractivity contribution < 1.29 is 0 Å². The molecule has 2 rings (SSSR count).